The van der Waals surface area contributed by atoms with Crippen molar-refractivity contribution in [2.75, 3.05) is 51.3 Å². The number of ether oxygens (including phenoxy) is 2. The standard InChI is InChI=1S/C20H24N4O4/c1-27-16-5-7-17(8-6-16)28-15-19(25)22-14-20(26)24-12-10-23(11-13-24)18-4-2-3-9-21-18/h2-9H,10-15H2,1H3,(H,22,25). The summed E-state index contributed by atoms with van der Waals surface area (Å²) in [5, 5.41) is 2.61. The molecular weight excluding hydrogens is 360 g/mol. The van der Waals surface area contributed by atoms with E-state index in [9.17, 15) is 9.59 Å². The van der Waals surface area contributed by atoms with Gasteiger partial charge >= 0.3 is 0 Å². The van der Waals surface area contributed by atoms with Crippen LogP contribution >= 0.6 is 0 Å². The van der Waals surface area contributed by atoms with Crippen LogP contribution in [0.15, 0.2) is 48.7 Å². The molecule has 1 saturated heterocycles. The van der Waals surface area contributed by atoms with Crippen LogP contribution in [0.2, 0.25) is 0 Å². The van der Waals surface area contributed by atoms with Crippen molar-refractivity contribution in [3.63, 3.8) is 0 Å². The van der Waals surface area contributed by atoms with E-state index in [1.807, 2.05) is 18.2 Å². The number of hydrogen-bond acceptors (Lipinski definition) is 6. The Bertz CT molecular complexity index is 775. The second-order valence-electron chi connectivity index (χ2n) is 6.30. The van der Waals surface area contributed by atoms with E-state index in [4.69, 9.17) is 9.47 Å². The third-order valence-corrected chi connectivity index (χ3v) is 4.47. The van der Waals surface area contributed by atoms with Gasteiger partial charge in [-0.25, -0.2) is 4.98 Å². The Morgan fingerprint density at radius 1 is 1.04 bits per heavy atom. The maximum Gasteiger partial charge on any atom is 0.258 e. The Morgan fingerprint density at radius 2 is 1.75 bits per heavy atom. The highest BCUT2D eigenvalue weighted by Gasteiger charge is 2.21. The molecule has 0 spiro atoms. The summed E-state index contributed by atoms with van der Waals surface area (Å²) < 4.78 is 10.5. The van der Waals surface area contributed by atoms with Gasteiger partial charge in [-0.1, -0.05) is 6.07 Å². The predicted molar refractivity (Wildman–Crippen MR) is 105 cm³/mol. The molecule has 0 atom stereocenters. The van der Waals surface area contributed by atoms with Crippen molar-refractivity contribution < 1.29 is 19.1 Å². The zero-order valence-electron chi connectivity index (χ0n) is 15.8. The number of carbonyl (C=O) groups excluding carboxylic acids is 2. The number of methoxy groups -OCH3 is 1. The quantitative estimate of drug-likeness (QED) is 0.765. The molecule has 2 aromatic rings. The van der Waals surface area contributed by atoms with Crippen LogP contribution in [0.25, 0.3) is 0 Å². The Balaban J connectivity index is 1.36. The van der Waals surface area contributed by atoms with Crippen molar-refractivity contribution in [1.82, 2.24) is 15.2 Å². The van der Waals surface area contributed by atoms with Gasteiger partial charge in [0.1, 0.15) is 17.3 Å². The molecule has 0 bridgehead atoms. The molecule has 1 fully saturated rings. The number of rotatable bonds is 7. The van der Waals surface area contributed by atoms with Gasteiger partial charge in [0.2, 0.25) is 5.91 Å². The summed E-state index contributed by atoms with van der Waals surface area (Å²) in [6, 6.07) is 12.7. The normalized spacial score (nSPS) is 13.8. The number of nitrogens with zero attached hydrogens (tertiary/aromatic N) is 3. The molecule has 0 radical (unpaired) electrons. The Kier molecular flexibility index (Phi) is 6.67. The Hall–Kier alpha value is -3.29. The largest absolute Gasteiger partial charge is 0.497 e. The fraction of sp³-hybridized carbons (Fsp3) is 0.350. The van der Waals surface area contributed by atoms with Gasteiger partial charge in [-0.05, 0) is 36.4 Å². The smallest absolute Gasteiger partial charge is 0.258 e. The van der Waals surface area contributed by atoms with Gasteiger partial charge in [-0.2, -0.15) is 0 Å². The average molecular weight is 384 g/mol. The maximum atomic E-state index is 12.3. The van der Waals surface area contributed by atoms with Crippen molar-refractivity contribution >= 4 is 17.6 Å². The molecule has 0 aliphatic carbocycles. The third-order valence-electron chi connectivity index (χ3n) is 4.47. The number of aromatic nitrogens is 1. The lowest BCUT2D eigenvalue weighted by atomic mass is 10.3. The lowest BCUT2D eigenvalue weighted by molar-refractivity contribution is -0.133. The minimum Gasteiger partial charge on any atom is -0.497 e. The van der Waals surface area contributed by atoms with Crippen molar-refractivity contribution in [2.45, 2.75) is 0 Å². The van der Waals surface area contributed by atoms with Crippen molar-refractivity contribution in [3.8, 4) is 11.5 Å². The zero-order chi connectivity index (χ0) is 19.8. The van der Waals surface area contributed by atoms with Crippen LogP contribution in [-0.2, 0) is 9.59 Å². The van der Waals surface area contributed by atoms with Gasteiger partial charge in [0.15, 0.2) is 6.61 Å². The van der Waals surface area contributed by atoms with Gasteiger partial charge < -0.3 is 24.6 Å². The molecule has 1 aromatic carbocycles. The highest BCUT2D eigenvalue weighted by atomic mass is 16.5. The van der Waals surface area contributed by atoms with Crippen molar-refractivity contribution in [2.24, 2.45) is 0 Å². The van der Waals surface area contributed by atoms with Gasteiger partial charge in [0.05, 0.1) is 13.7 Å². The number of piperazine rings is 1. The molecule has 1 aromatic heterocycles. The van der Waals surface area contributed by atoms with Crippen LogP contribution in [0.1, 0.15) is 0 Å². The van der Waals surface area contributed by atoms with Crippen molar-refractivity contribution in [1.29, 1.82) is 0 Å². The Morgan fingerprint density at radius 3 is 2.39 bits per heavy atom. The molecule has 0 saturated carbocycles. The zero-order valence-corrected chi connectivity index (χ0v) is 15.8. The minimum absolute atomic E-state index is 0.0333. The third kappa shape index (κ3) is 5.35. The summed E-state index contributed by atoms with van der Waals surface area (Å²) in [6.45, 7) is 2.47. The minimum atomic E-state index is -0.337. The first-order valence-corrected chi connectivity index (χ1v) is 9.13. The summed E-state index contributed by atoms with van der Waals surface area (Å²) in [5.74, 6) is 1.76. The number of nitrogens with one attached hydrogen (secondary N) is 1. The summed E-state index contributed by atoms with van der Waals surface area (Å²) in [5.41, 5.74) is 0. The molecule has 8 nitrogen and oxygen atoms in total. The summed E-state index contributed by atoms with van der Waals surface area (Å²) in [6.07, 6.45) is 1.76. The topological polar surface area (TPSA) is 84.0 Å². The van der Waals surface area contributed by atoms with E-state index in [1.54, 1.807) is 42.5 Å². The van der Waals surface area contributed by atoms with E-state index < -0.39 is 0 Å². The summed E-state index contributed by atoms with van der Waals surface area (Å²) in [7, 11) is 1.58. The van der Waals surface area contributed by atoms with E-state index in [2.05, 4.69) is 15.2 Å². The van der Waals surface area contributed by atoms with Crippen LogP contribution in [0.3, 0.4) is 0 Å². The number of benzene rings is 1. The number of anilines is 1. The fourth-order valence-electron chi connectivity index (χ4n) is 2.88. The highest BCUT2D eigenvalue weighted by Crippen LogP contribution is 2.16. The number of amides is 2. The molecule has 1 aliphatic rings. The maximum absolute atomic E-state index is 12.3. The first-order chi connectivity index (χ1) is 13.7. The molecule has 2 heterocycles. The van der Waals surface area contributed by atoms with Crippen LogP contribution in [0.4, 0.5) is 5.82 Å². The SMILES string of the molecule is COc1ccc(OCC(=O)NCC(=O)N2CCN(c3ccccn3)CC2)cc1. The summed E-state index contributed by atoms with van der Waals surface area (Å²) in [4.78, 5) is 32.5. The van der Waals surface area contributed by atoms with E-state index in [-0.39, 0.29) is 25.0 Å². The molecule has 148 valence electrons. The second kappa shape index (κ2) is 9.59. The van der Waals surface area contributed by atoms with E-state index >= 15 is 0 Å². The van der Waals surface area contributed by atoms with Gasteiger partial charge in [-0.3, -0.25) is 9.59 Å². The average Bonchev–Trinajstić information content (AvgIpc) is 2.77. The highest BCUT2D eigenvalue weighted by molar-refractivity contribution is 5.85. The monoisotopic (exact) mass is 384 g/mol. The predicted octanol–water partition coefficient (Wildman–Crippen LogP) is 0.934. The molecule has 1 aliphatic heterocycles. The molecular formula is C20H24N4O4. The molecule has 3 rings (SSSR count). The first kappa shape index (κ1) is 19.5. The first-order valence-electron chi connectivity index (χ1n) is 9.13. The van der Waals surface area contributed by atoms with Crippen LogP contribution < -0.4 is 19.7 Å². The number of pyridine rings is 1. The molecule has 8 heteroatoms. The van der Waals surface area contributed by atoms with E-state index in [0.717, 1.165) is 18.9 Å². The molecule has 0 unspecified atom stereocenters. The summed E-state index contributed by atoms with van der Waals surface area (Å²) >= 11 is 0. The molecule has 28 heavy (non-hydrogen) atoms. The Labute approximate surface area is 164 Å². The molecule has 2 amide bonds. The second-order valence-corrected chi connectivity index (χ2v) is 6.30. The van der Waals surface area contributed by atoms with Crippen LogP contribution in [-0.4, -0.2) is 68.1 Å². The fourth-order valence-corrected chi connectivity index (χ4v) is 2.88. The number of carbonyl (C=O) groups is 2. The van der Waals surface area contributed by atoms with Gasteiger partial charge in [0.25, 0.3) is 5.91 Å². The van der Waals surface area contributed by atoms with Gasteiger partial charge in [-0.15, -0.1) is 0 Å². The van der Waals surface area contributed by atoms with E-state index in [0.29, 0.717) is 24.6 Å². The van der Waals surface area contributed by atoms with Crippen LogP contribution in [0, 0.1) is 0 Å². The lowest BCUT2D eigenvalue weighted by Gasteiger charge is -2.35. The van der Waals surface area contributed by atoms with Crippen LogP contribution in [0.5, 0.6) is 11.5 Å². The van der Waals surface area contributed by atoms with Gasteiger partial charge in [0, 0.05) is 32.4 Å². The van der Waals surface area contributed by atoms with Crippen molar-refractivity contribution in [3.05, 3.63) is 48.7 Å². The molecule has 1 N–H and O–H groups in total. The van der Waals surface area contributed by atoms with E-state index in [1.165, 1.54) is 0 Å². The lowest BCUT2D eigenvalue weighted by Crippen LogP contribution is -2.51. The number of hydrogen-bond donors (Lipinski definition) is 1.